The minimum absolute atomic E-state index is 0.140. The monoisotopic (exact) mass is 278 g/mol. The van der Waals surface area contributed by atoms with E-state index in [0.29, 0.717) is 6.04 Å². The Labute approximate surface area is 119 Å². The van der Waals surface area contributed by atoms with Gasteiger partial charge in [0.15, 0.2) is 0 Å². The van der Waals surface area contributed by atoms with Gasteiger partial charge in [-0.3, -0.25) is 0 Å². The van der Waals surface area contributed by atoms with Crippen LogP contribution in [-0.4, -0.2) is 30.8 Å². The molecule has 1 saturated carbocycles. The van der Waals surface area contributed by atoms with Crippen LogP contribution in [0.4, 0.5) is 10.1 Å². The summed E-state index contributed by atoms with van der Waals surface area (Å²) in [6, 6.07) is 5.96. The number of rotatable bonds is 5. The highest BCUT2D eigenvalue weighted by molar-refractivity contribution is 5.55. The molecule has 4 heteroatoms. The summed E-state index contributed by atoms with van der Waals surface area (Å²) in [6.07, 6.45) is 4.54. The van der Waals surface area contributed by atoms with Crippen LogP contribution in [0.2, 0.25) is 0 Å². The largest absolute Gasteiger partial charge is 0.396 e. The van der Waals surface area contributed by atoms with Gasteiger partial charge in [-0.05, 0) is 43.2 Å². The average Bonchev–Trinajstić information content (AvgIpc) is 3.29. The molecule has 0 radical (unpaired) electrons. The van der Waals surface area contributed by atoms with E-state index in [9.17, 15) is 9.50 Å². The Morgan fingerprint density at radius 1 is 1.30 bits per heavy atom. The van der Waals surface area contributed by atoms with Crippen LogP contribution in [0, 0.1) is 11.7 Å². The summed E-state index contributed by atoms with van der Waals surface area (Å²) in [4.78, 5) is 2.11. The molecule has 3 rings (SSSR count). The fourth-order valence-corrected chi connectivity index (χ4v) is 3.02. The zero-order chi connectivity index (χ0) is 13.9. The number of piperidine rings is 1. The molecule has 3 nitrogen and oxygen atoms in total. The topological polar surface area (TPSA) is 35.5 Å². The molecule has 1 atom stereocenters. The van der Waals surface area contributed by atoms with E-state index in [1.807, 2.05) is 6.07 Å². The Bertz CT molecular complexity index is 462. The summed E-state index contributed by atoms with van der Waals surface area (Å²) in [5, 5.41) is 12.8. The molecule has 1 heterocycles. The smallest absolute Gasteiger partial charge is 0.146 e. The van der Waals surface area contributed by atoms with E-state index in [1.165, 1.54) is 12.8 Å². The fraction of sp³-hybridized carbons (Fsp3) is 0.625. The highest BCUT2D eigenvalue weighted by atomic mass is 19.1. The van der Waals surface area contributed by atoms with E-state index < -0.39 is 0 Å². The second-order valence-corrected chi connectivity index (χ2v) is 6.04. The van der Waals surface area contributed by atoms with Crippen molar-refractivity contribution in [3.63, 3.8) is 0 Å². The van der Waals surface area contributed by atoms with Crippen LogP contribution in [0.15, 0.2) is 18.2 Å². The lowest BCUT2D eigenvalue weighted by Gasteiger charge is -2.35. The number of nitrogens with one attached hydrogen (secondary N) is 1. The summed E-state index contributed by atoms with van der Waals surface area (Å²) in [5.74, 6) is 0.131. The van der Waals surface area contributed by atoms with E-state index >= 15 is 0 Å². The van der Waals surface area contributed by atoms with Crippen molar-refractivity contribution in [2.24, 2.45) is 5.92 Å². The van der Waals surface area contributed by atoms with Crippen LogP contribution >= 0.6 is 0 Å². The van der Waals surface area contributed by atoms with Crippen molar-refractivity contribution in [3.05, 3.63) is 29.6 Å². The van der Waals surface area contributed by atoms with Gasteiger partial charge >= 0.3 is 0 Å². The SMILES string of the molecule is OCC1CCCN(c2c(F)cccc2CNC2CC2)C1. The predicted molar refractivity (Wildman–Crippen MR) is 78.3 cm³/mol. The van der Waals surface area contributed by atoms with E-state index in [1.54, 1.807) is 12.1 Å². The standard InChI is InChI=1S/C16H23FN2O/c17-15-5-1-4-13(9-18-14-6-7-14)16(15)19-8-2-3-12(10-19)11-20/h1,4-5,12,14,18,20H,2-3,6-11H2. The van der Waals surface area contributed by atoms with Crippen LogP contribution in [0.1, 0.15) is 31.2 Å². The molecule has 1 aromatic rings. The van der Waals surface area contributed by atoms with Crippen LogP contribution in [0.25, 0.3) is 0 Å². The van der Waals surface area contributed by atoms with Crippen LogP contribution in [0.5, 0.6) is 0 Å². The minimum Gasteiger partial charge on any atom is -0.396 e. The molecule has 0 spiro atoms. The van der Waals surface area contributed by atoms with Crippen molar-refractivity contribution < 1.29 is 9.50 Å². The molecule has 1 saturated heterocycles. The van der Waals surface area contributed by atoms with Gasteiger partial charge in [-0.15, -0.1) is 0 Å². The minimum atomic E-state index is -0.140. The van der Waals surface area contributed by atoms with Gasteiger partial charge < -0.3 is 15.3 Å². The molecule has 110 valence electrons. The van der Waals surface area contributed by atoms with Gasteiger partial charge in [0.2, 0.25) is 0 Å². The summed E-state index contributed by atoms with van der Waals surface area (Å²) in [5.41, 5.74) is 1.77. The Kier molecular flexibility index (Phi) is 4.22. The highest BCUT2D eigenvalue weighted by Crippen LogP contribution is 2.30. The lowest BCUT2D eigenvalue weighted by atomic mass is 9.97. The molecule has 1 aromatic carbocycles. The molecule has 0 bridgehead atoms. The fourth-order valence-electron chi connectivity index (χ4n) is 3.02. The second kappa shape index (κ2) is 6.10. The van der Waals surface area contributed by atoms with Crippen LogP contribution in [-0.2, 0) is 6.54 Å². The van der Waals surface area contributed by atoms with Gasteiger partial charge in [-0.1, -0.05) is 12.1 Å². The van der Waals surface area contributed by atoms with Crippen molar-refractivity contribution in [1.29, 1.82) is 0 Å². The van der Waals surface area contributed by atoms with Crippen molar-refractivity contribution in [3.8, 4) is 0 Å². The molecule has 1 unspecified atom stereocenters. The van der Waals surface area contributed by atoms with Gasteiger partial charge in [0, 0.05) is 32.3 Å². The van der Waals surface area contributed by atoms with Gasteiger partial charge in [0.25, 0.3) is 0 Å². The first-order valence-electron chi connectivity index (χ1n) is 7.64. The third kappa shape index (κ3) is 3.13. The van der Waals surface area contributed by atoms with Crippen molar-refractivity contribution >= 4 is 5.69 Å². The maximum atomic E-state index is 14.3. The number of nitrogens with zero attached hydrogens (tertiary/aromatic N) is 1. The number of para-hydroxylation sites is 1. The number of aliphatic hydroxyl groups excluding tert-OH is 1. The Balaban J connectivity index is 1.78. The third-order valence-corrected chi connectivity index (χ3v) is 4.32. The van der Waals surface area contributed by atoms with E-state index in [-0.39, 0.29) is 18.3 Å². The Hall–Kier alpha value is -1.13. The number of benzene rings is 1. The highest BCUT2D eigenvalue weighted by Gasteiger charge is 2.25. The summed E-state index contributed by atoms with van der Waals surface area (Å²) < 4.78 is 14.3. The molecular weight excluding hydrogens is 255 g/mol. The van der Waals surface area contributed by atoms with Gasteiger partial charge in [0.1, 0.15) is 5.82 Å². The number of hydrogen-bond donors (Lipinski definition) is 2. The molecular formula is C16H23FN2O. The average molecular weight is 278 g/mol. The Morgan fingerprint density at radius 3 is 2.90 bits per heavy atom. The first-order valence-corrected chi connectivity index (χ1v) is 7.64. The third-order valence-electron chi connectivity index (χ3n) is 4.32. The maximum absolute atomic E-state index is 14.3. The first-order chi connectivity index (χ1) is 9.78. The predicted octanol–water partition coefficient (Wildman–Crippen LogP) is 2.29. The molecule has 2 N–H and O–H groups in total. The molecule has 2 fully saturated rings. The molecule has 0 amide bonds. The Morgan fingerprint density at radius 2 is 2.15 bits per heavy atom. The van der Waals surface area contributed by atoms with Crippen molar-refractivity contribution in [1.82, 2.24) is 5.32 Å². The van der Waals surface area contributed by atoms with E-state index in [2.05, 4.69) is 10.2 Å². The molecule has 0 aromatic heterocycles. The van der Waals surface area contributed by atoms with Gasteiger partial charge in [0.05, 0.1) is 5.69 Å². The molecule has 2 aliphatic rings. The molecule has 20 heavy (non-hydrogen) atoms. The lowest BCUT2D eigenvalue weighted by Crippen LogP contribution is -2.38. The zero-order valence-electron chi connectivity index (χ0n) is 11.8. The maximum Gasteiger partial charge on any atom is 0.146 e. The zero-order valence-corrected chi connectivity index (χ0v) is 11.8. The number of hydrogen-bond acceptors (Lipinski definition) is 3. The first kappa shape index (κ1) is 13.8. The number of anilines is 1. The van der Waals surface area contributed by atoms with Crippen molar-refractivity contribution in [2.45, 2.75) is 38.3 Å². The van der Waals surface area contributed by atoms with Crippen molar-refractivity contribution in [2.75, 3.05) is 24.6 Å². The van der Waals surface area contributed by atoms with Crippen LogP contribution in [0.3, 0.4) is 0 Å². The van der Waals surface area contributed by atoms with Gasteiger partial charge in [-0.2, -0.15) is 0 Å². The normalized spacial score (nSPS) is 23.1. The number of halogens is 1. The summed E-state index contributed by atoms with van der Waals surface area (Å²) in [7, 11) is 0. The van der Waals surface area contributed by atoms with E-state index in [4.69, 9.17) is 0 Å². The molecule has 1 aliphatic heterocycles. The van der Waals surface area contributed by atoms with E-state index in [0.717, 1.165) is 43.7 Å². The molecule has 1 aliphatic carbocycles. The van der Waals surface area contributed by atoms with Crippen LogP contribution < -0.4 is 10.2 Å². The summed E-state index contributed by atoms with van der Waals surface area (Å²) >= 11 is 0. The summed E-state index contributed by atoms with van der Waals surface area (Å²) in [6.45, 7) is 2.57. The quantitative estimate of drug-likeness (QED) is 0.867. The lowest BCUT2D eigenvalue weighted by molar-refractivity contribution is 0.208. The second-order valence-electron chi connectivity index (χ2n) is 6.04. The number of aliphatic hydroxyl groups is 1. The van der Waals surface area contributed by atoms with Gasteiger partial charge in [-0.25, -0.2) is 4.39 Å².